The molecule has 9 nitrogen and oxygen atoms in total. The Labute approximate surface area is 163 Å². The molecule has 2 rings (SSSR count). The zero-order valence-corrected chi connectivity index (χ0v) is 15.7. The van der Waals surface area contributed by atoms with Crippen molar-refractivity contribution in [2.45, 2.75) is 29.2 Å². The van der Waals surface area contributed by atoms with Crippen LogP contribution in [0.15, 0.2) is 18.2 Å². The topological polar surface area (TPSA) is 120 Å². The minimum Gasteiger partial charge on any atom is -0.312 e. The van der Waals surface area contributed by atoms with E-state index in [4.69, 9.17) is 34.8 Å². The molecule has 26 heavy (non-hydrogen) atoms. The van der Waals surface area contributed by atoms with Gasteiger partial charge < -0.3 is 4.90 Å². The number of non-ortho nitro benzene ring substituents is 2. The lowest BCUT2D eigenvalue weighted by atomic mass is 10.1. The molecule has 1 aliphatic rings. The van der Waals surface area contributed by atoms with E-state index in [-0.39, 0.29) is 5.56 Å². The maximum Gasteiger partial charge on any atom is 0.277 e. The number of hydrogen-bond donors (Lipinski definition) is 2. The van der Waals surface area contributed by atoms with Crippen molar-refractivity contribution in [3.8, 4) is 0 Å². The van der Waals surface area contributed by atoms with Gasteiger partial charge in [-0.05, 0) is 19.3 Å². The Kier molecular flexibility index (Phi) is 6.62. The molecule has 12 heteroatoms. The molecule has 1 atom stereocenters. The fourth-order valence-electron chi connectivity index (χ4n) is 2.86. The number of quaternary nitrogens is 1. The van der Waals surface area contributed by atoms with Gasteiger partial charge in [-0.15, -0.1) is 0 Å². The summed E-state index contributed by atoms with van der Waals surface area (Å²) < 4.78 is -1.81. The number of nitro benzene ring substituents is 2. The van der Waals surface area contributed by atoms with Crippen LogP contribution in [-0.2, 0) is 0 Å². The SMILES string of the molecule is O=C(N[C@H]([NH+]1CCCCC1)C(Cl)(Cl)Cl)c1cc([N+](=O)[O-])cc([N+](=O)[O-])c1. The molecule has 0 aliphatic carbocycles. The lowest BCUT2D eigenvalue weighted by Gasteiger charge is -2.35. The van der Waals surface area contributed by atoms with Crippen molar-refractivity contribution in [2.75, 3.05) is 13.1 Å². The molecule has 0 bridgehead atoms. The molecule has 0 saturated carbocycles. The molecular weight excluding hydrogens is 411 g/mol. The minimum atomic E-state index is -1.81. The summed E-state index contributed by atoms with van der Waals surface area (Å²) in [6.07, 6.45) is 1.97. The van der Waals surface area contributed by atoms with Crippen LogP contribution in [-0.4, -0.2) is 38.8 Å². The van der Waals surface area contributed by atoms with Crippen LogP contribution in [0.1, 0.15) is 29.6 Å². The number of likely N-dealkylation sites (tertiary alicyclic amines) is 1. The fourth-order valence-corrected chi connectivity index (χ4v) is 3.49. The summed E-state index contributed by atoms with van der Waals surface area (Å²) in [7, 11) is 0. The smallest absolute Gasteiger partial charge is 0.277 e. The second-order valence-electron chi connectivity index (χ2n) is 5.92. The van der Waals surface area contributed by atoms with Crippen molar-refractivity contribution >= 4 is 52.1 Å². The average molecular weight is 427 g/mol. The zero-order valence-electron chi connectivity index (χ0n) is 13.4. The molecular formula is C14H16Cl3N4O5+. The average Bonchev–Trinajstić information content (AvgIpc) is 2.58. The molecule has 1 amide bonds. The first kappa shape index (κ1) is 20.6. The Morgan fingerprint density at radius 1 is 1.04 bits per heavy atom. The number of benzene rings is 1. The van der Waals surface area contributed by atoms with Crippen molar-refractivity contribution in [2.24, 2.45) is 0 Å². The summed E-state index contributed by atoms with van der Waals surface area (Å²) in [5.41, 5.74) is -1.39. The Balaban J connectivity index is 2.31. The number of hydrogen-bond acceptors (Lipinski definition) is 5. The molecule has 0 radical (unpaired) electrons. The van der Waals surface area contributed by atoms with Crippen LogP contribution in [0.5, 0.6) is 0 Å². The van der Waals surface area contributed by atoms with Gasteiger partial charge in [0.1, 0.15) is 0 Å². The Hall–Kier alpha value is -1.68. The molecule has 0 aromatic heterocycles. The van der Waals surface area contributed by atoms with Gasteiger partial charge in [-0.25, -0.2) is 0 Å². The van der Waals surface area contributed by atoms with Crippen LogP contribution < -0.4 is 10.2 Å². The molecule has 2 N–H and O–H groups in total. The molecule has 1 saturated heterocycles. The van der Waals surface area contributed by atoms with Crippen LogP contribution in [0.2, 0.25) is 0 Å². The number of carbonyl (C=O) groups is 1. The third-order valence-electron chi connectivity index (χ3n) is 4.09. The van der Waals surface area contributed by atoms with Gasteiger partial charge in [-0.1, -0.05) is 34.8 Å². The van der Waals surface area contributed by atoms with Crippen molar-refractivity contribution in [1.82, 2.24) is 5.32 Å². The normalized spacial score (nSPS) is 16.7. The first-order valence-corrected chi connectivity index (χ1v) is 8.89. The maximum absolute atomic E-state index is 12.5. The number of halogens is 3. The lowest BCUT2D eigenvalue weighted by Crippen LogP contribution is -3.20. The third-order valence-corrected chi connectivity index (χ3v) is 4.75. The van der Waals surface area contributed by atoms with Gasteiger partial charge in [0.05, 0.1) is 34.6 Å². The third kappa shape index (κ3) is 5.16. The second-order valence-corrected chi connectivity index (χ2v) is 8.29. The van der Waals surface area contributed by atoms with E-state index >= 15 is 0 Å². The molecule has 1 aromatic rings. The summed E-state index contributed by atoms with van der Waals surface area (Å²) in [4.78, 5) is 33.7. The summed E-state index contributed by atoms with van der Waals surface area (Å²) in [5.74, 6) is -0.786. The second kappa shape index (κ2) is 8.34. The van der Waals surface area contributed by atoms with Crippen LogP contribution in [0.3, 0.4) is 0 Å². The predicted octanol–water partition coefficient (Wildman–Crippen LogP) is 2.00. The largest absolute Gasteiger partial charge is 0.312 e. The van der Waals surface area contributed by atoms with Crippen molar-refractivity contribution in [1.29, 1.82) is 0 Å². The molecule has 0 spiro atoms. The molecule has 1 fully saturated rings. The van der Waals surface area contributed by atoms with Crippen molar-refractivity contribution in [3.63, 3.8) is 0 Å². The first-order valence-electron chi connectivity index (χ1n) is 7.75. The number of amides is 1. The van der Waals surface area contributed by atoms with E-state index in [1.807, 2.05) is 0 Å². The zero-order chi connectivity index (χ0) is 19.5. The van der Waals surface area contributed by atoms with Crippen LogP contribution in [0, 0.1) is 20.2 Å². The maximum atomic E-state index is 12.5. The summed E-state index contributed by atoms with van der Waals surface area (Å²) in [6, 6.07) is 2.67. The van der Waals surface area contributed by atoms with Gasteiger partial charge in [-0.2, -0.15) is 0 Å². The van der Waals surface area contributed by atoms with Gasteiger partial charge in [0, 0.05) is 12.1 Å². The molecule has 1 heterocycles. The quantitative estimate of drug-likeness (QED) is 0.424. The highest BCUT2D eigenvalue weighted by atomic mass is 35.6. The van der Waals surface area contributed by atoms with Crippen molar-refractivity contribution < 1.29 is 19.5 Å². The monoisotopic (exact) mass is 425 g/mol. The van der Waals surface area contributed by atoms with Crippen LogP contribution >= 0.6 is 34.8 Å². The Morgan fingerprint density at radius 2 is 1.54 bits per heavy atom. The summed E-state index contributed by atoms with van der Waals surface area (Å²) in [6.45, 7) is 1.38. The van der Waals surface area contributed by atoms with Crippen LogP contribution in [0.25, 0.3) is 0 Å². The standard InChI is InChI=1S/C14H15Cl3N4O5/c15-14(16,17)13(19-4-2-1-3-5-19)18-12(22)9-6-10(20(23)24)8-11(7-9)21(25)26/h6-8,13H,1-5H2,(H,18,22)/p+1/t13-/m1/s1. The van der Waals surface area contributed by atoms with E-state index < -0.39 is 37.1 Å². The number of nitrogens with zero attached hydrogens (tertiary/aromatic N) is 2. The van der Waals surface area contributed by atoms with E-state index in [2.05, 4.69) is 5.32 Å². The lowest BCUT2D eigenvalue weighted by molar-refractivity contribution is -0.931. The van der Waals surface area contributed by atoms with E-state index in [1.165, 1.54) is 0 Å². The number of alkyl halides is 3. The highest BCUT2D eigenvalue weighted by Gasteiger charge is 2.43. The fraction of sp³-hybridized carbons (Fsp3) is 0.500. The summed E-state index contributed by atoms with van der Waals surface area (Å²) >= 11 is 18.0. The van der Waals surface area contributed by atoms with E-state index in [0.29, 0.717) is 13.1 Å². The van der Waals surface area contributed by atoms with Crippen molar-refractivity contribution in [3.05, 3.63) is 44.0 Å². The number of piperidine rings is 1. The van der Waals surface area contributed by atoms with Gasteiger partial charge in [0.2, 0.25) is 6.17 Å². The predicted molar refractivity (Wildman–Crippen MR) is 95.8 cm³/mol. The van der Waals surface area contributed by atoms with E-state index in [0.717, 1.165) is 42.4 Å². The Bertz CT molecular complexity index is 687. The van der Waals surface area contributed by atoms with Gasteiger partial charge in [0.15, 0.2) is 0 Å². The van der Waals surface area contributed by atoms with Gasteiger partial charge >= 0.3 is 0 Å². The molecule has 1 aromatic carbocycles. The number of carbonyl (C=O) groups excluding carboxylic acids is 1. The first-order chi connectivity index (χ1) is 12.1. The number of nitro groups is 2. The summed E-state index contributed by atoms with van der Waals surface area (Å²) in [5, 5.41) is 24.5. The van der Waals surface area contributed by atoms with E-state index in [1.54, 1.807) is 0 Å². The Morgan fingerprint density at radius 3 is 1.96 bits per heavy atom. The van der Waals surface area contributed by atoms with Gasteiger partial charge in [-0.3, -0.25) is 30.3 Å². The molecule has 1 aliphatic heterocycles. The van der Waals surface area contributed by atoms with Gasteiger partial charge in [0.25, 0.3) is 21.1 Å². The van der Waals surface area contributed by atoms with Crippen LogP contribution in [0.4, 0.5) is 11.4 Å². The highest BCUT2D eigenvalue weighted by Crippen LogP contribution is 2.29. The number of rotatable bonds is 5. The molecule has 0 unspecified atom stereocenters. The number of nitrogens with one attached hydrogen (secondary N) is 2. The highest BCUT2D eigenvalue weighted by molar-refractivity contribution is 6.68. The minimum absolute atomic E-state index is 0.249. The molecule has 142 valence electrons. The van der Waals surface area contributed by atoms with E-state index in [9.17, 15) is 25.0 Å².